The second kappa shape index (κ2) is 7.56. The lowest BCUT2D eigenvalue weighted by molar-refractivity contribution is -0.136. The van der Waals surface area contributed by atoms with Gasteiger partial charge in [-0.3, -0.25) is 19.5 Å². The van der Waals surface area contributed by atoms with Crippen LogP contribution >= 0.6 is 0 Å². The number of fused-ring (bicyclic) bond motifs is 2. The SMILES string of the molecule is CCCC(=O)N1CCc2nc3cc([C@@H]4CCCCN4C(=O)C4CC4)[nH]n3c(=O)c2C1. The van der Waals surface area contributed by atoms with E-state index < -0.39 is 0 Å². The quantitative estimate of drug-likeness (QED) is 0.835. The number of nitrogens with zero attached hydrogens (tertiary/aromatic N) is 4. The zero-order valence-electron chi connectivity index (χ0n) is 17.5. The van der Waals surface area contributed by atoms with Gasteiger partial charge in [-0.15, -0.1) is 0 Å². The number of piperidine rings is 1. The second-order valence-electron chi connectivity index (χ2n) is 8.88. The van der Waals surface area contributed by atoms with Gasteiger partial charge in [0, 0.05) is 37.9 Å². The number of carbonyl (C=O) groups excluding carboxylic acids is 2. The molecule has 1 saturated heterocycles. The lowest BCUT2D eigenvalue weighted by atomic mass is 9.98. The van der Waals surface area contributed by atoms with Crippen LogP contribution in [0.25, 0.3) is 5.65 Å². The summed E-state index contributed by atoms with van der Waals surface area (Å²) >= 11 is 0. The maximum absolute atomic E-state index is 13.2. The lowest BCUT2D eigenvalue weighted by Gasteiger charge is -2.35. The number of amides is 2. The van der Waals surface area contributed by atoms with Crippen LogP contribution in [0.1, 0.15) is 74.9 Å². The van der Waals surface area contributed by atoms with Crippen LogP contribution in [-0.2, 0) is 22.6 Å². The number of hydrogen-bond acceptors (Lipinski definition) is 4. The van der Waals surface area contributed by atoms with E-state index in [1.165, 1.54) is 4.52 Å². The van der Waals surface area contributed by atoms with Gasteiger partial charge in [-0.25, -0.2) is 9.50 Å². The van der Waals surface area contributed by atoms with Crippen LogP contribution in [0.15, 0.2) is 10.9 Å². The van der Waals surface area contributed by atoms with Gasteiger partial charge in [-0.2, -0.15) is 0 Å². The van der Waals surface area contributed by atoms with Gasteiger partial charge in [-0.1, -0.05) is 6.92 Å². The van der Waals surface area contributed by atoms with Crippen molar-refractivity contribution < 1.29 is 9.59 Å². The molecule has 160 valence electrons. The number of rotatable bonds is 4. The smallest absolute Gasteiger partial charge is 0.277 e. The Balaban J connectivity index is 1.48. The van der Waals surface area contributed by atoms with Crippen LogP contribution in [0.5, 0.6) is 0 Å². The number of H-pyrrole nitrogens is 1. The molecule has 1 aliphatic carbocycles. The average molecular weight is 412 g/mol. The molecule has 0 unspecified atom stereocenters. The van der Waals surface area contributed by atoms with E-state index in [0.717, 1.165) is 56.5 Å². The van der Waals surface area contributed by atoms with Crippen LogP contribution in [-0.4, -0.2) is 49.3 Å². The number of aromatic nitrogens is 3. The first-order chi connectivity index (χ1) is 14.6. The molecule has 1 atom stereocenters. The Morgan fingerprint density at radius 2 is 2.03 bits per heavy atom. The van der Waals surface area contributed by atoms with Crippen molar-refractivity contribution >= 4 is 17.5 Å². The fourth-order valence-electron chi connectivity index (χ4n) is 4.84. The molecule has 3 aliphatic rings. The number of aromatic amines is 1. The van der Waals surface area contributed by atoms with Crippen LogP contribution in [0, 0.1) is 5.92 Å². The van der Waals surface area contributed by atoms with Crippen molar-refractivity contribution in [2.24, 2.45) is 5.92 Å². The Morgan fingerprint density at radius 3 is 2.80 bits per heavy atom. The third kappa shape index (κ3) is 3.32. The van der Waals surface area contributed by atoms with E-state index in [4.69, 9.17) is 4.98 Å². The predicted octanol–water partition coefficient (Wildman–Crippen LogP) is 2.17. The van der Waals surface area contributed by atoms with Crippen molar-refractivity contribution in [1.82, 2.24) is 24.4 Å². The van der Waals surface area contributed by atoms with Crippen LogP contribution in [0.3, 0.4) is 0 Å². The summed E-state index contributed by atoms with van der Waals surface area (Å²) in [6.07, 6.45) is 6.91. The zero-order chi connectivity index (χ0) is 20.8. The van der Waals surface area contributed by atoms with E-state index in [9.17, 15) is 14.4 Å². The Morgan fingerprint density at radius 1 is 1.20 bits per heavy atom. The highest BCUT2D eigenvalue weighted by Crippen LogP contribution is 2.37. The van der Waals surface area contributed by atoms with E-state index in [0.29, 0.717) is 37.1 Å². The standard InChI is InChI=1S/C22H29N5O3/c1-2-5-20(28)25-11-9-16-15(13-25)22(30)27-19(23-16)12-17(24-27)18-6-3-4-10-26(18)21(29)14-7-8-14/h12,14,18,24H,2-11,13H2,1H3/t18-/m0/s1. The highest BCUT2D eigenvalue weighted by Gasteiger charge is 2.38. The summed E-state index contributed by atoms with van der Waals surface area (Å²) in [7, 11) is 0. The maximum Gasteiger partial charge on any atom is 0.277 e. The molecule has 30 heavy (non-hydrogen) atoms. The maximum atomic E-state index is 13.2. The fraction of sp³-hybridized carbons (Fsp3) is 0.636. The van der Waals surface area contributed by atoms with Crippen molar-refractivity contribution in [1.29, 1.82) is 0 Å². The third-order valence-electron chi connectivity index (χ3n) is 6.67. The minimum Gasteiger partial charge on any atom is -0.338 e. The highest BCUT2D eigenvalue weighted by atomic mass is 16.2. The number of nitrogens with one attached hydrogen (secondary N) is 1. The Kier molecular flexibility index (Phi) is 4.87. The monoisotopic (exact) mass is 411 g/mol. The summed E-state index contributed by atoms with van der Waals surface area (Å²) in [5, 5.41) is 3.24. The van der Waals surface area contributed by atoms with Crippen molar-refractivity contribution in [3.05, 3.63) is 33.4 Å². The number of likely N-dealkylation sites (tertiary alicyclic amines) is 1. The van der Waals surface area contributed by atoms with E-state index in [-0.39, 0.29) is 29.3 Å². The molecule has 4 heterocycles. The summed E-state index contributed by atoms with van der Waals surface area (Å²) in [5.41, 5.74) is 2.75. The van der Waals surface area contributed by atoms with Gasteiger partial charge in [0.1, 0.15) is 0 Å². The fourth-order valence-corrected chi connectivity index (χ4v) is 4.84. The normalized spacial score (nSPS) is 21.7. The summed E-state index contributed by atoms with van der Waals surface area (Å²) < 4.78 is 1.50. The largest absolute Gasteiger partial charge is 0.338 e. The first-order valence-corrected chi connectivity index (χ1v) is 11.3. The lowest BCUT2D eigenvalue weighted by Crippen LogP contribution is -2.40. The molecule has 2 aromatic rings. The highest BCUT2D eigenvalue weighted by molar-refractivity contribution is 5.81. The Hall–Kier alpha value is -2.64. The molecule has 1 N–H and O–H groups in total. The van der Waals surface area contributed by atoms with Gasteiger partial charge in [0.25, 0.3) is 5.56 Å². The molecule has 0 bridgehead atoms. The molecule has 2 aliphatic heterocycles. The molecule has 5 rings (SSSR count). The van der Waals surface area contributed by atoms with E-state index in [2.05, 4.69) is 5.10 Å². The molecule has 2 fully saturated rings. The summed E-state index contributed by atoms with van der Waals surface area (Å²) in [6, 6.07) is 1.91. The minimum absolute atomic E-state index is 0.0207. The second-order valence-corrected chi connectivity index (χ2v) is 8.88. The van der Waals surface area contributed by atoms with Crippen LogP contribution in [0.2, 0.25) is 0 Å². The van der Waals surface area contributed by atoms with Gasteiger partial charge in [0.05, 0.1) is 29.5 Å². The number of hydrogen-bond donors (Lipinski definition) is 1. The van der Waals surface area contributed by atoms with Crippen molar-refractivity contribution in [3.8, 4) is 0 Å². The zero-order valence-corrected chi connectivity index (χ0v) is 17.5. The molecule has 2 amide bonds. The molecule has 0 radical (unpaired) electrons. The Bertz CT molecular complexity index is 1050. The van der Waals surface area contributed by atoms with Crippen molar-refractivity contribution in [2.75, 3.05) is 13.1 Å². The molecule has 8 nitrogen and oxygen atoms in total. The topological polar surface area (TPSA) is 90.8 Å². The molecule has 0 aromatic carbocycles. The minimum atomic E-state index is -0.133. The van der Waals surface area contributed by atoms with Gasteiger partial charge < -0.3 is 9.80 Å². The molecular formula is C22H29N5O3. The third-order valence-corrected chi connectivity index (χ3v) is 6.67. The van der Waals surface area contributed by atoms with Crippen molar-refractivity contribution in [3.63, 3.8) is 0 Å². The van der Waals surface area contributed by atoms with Gasteiger partial charge >= 0.3 is 0 Å². The first kappa shape index (κ1) is 19.3. The molecular weight excluding hydrogens is 382 g/mol. The summed E-state index contributed by atoms with van der Waals surface area (Å²) in [4.78, 5) is 46.8. The van der Waals surface area contributed by atoms with E-state index in [1.807, 2.05) is 17.9 Å². The molecule has 1 saturated carbocycles. The van der Waals surface area contributed by atoms with Crippen LogP contribution < -0.4 is 5.56 Å². The molecule has 0 spiro atoms. The predicted molar refractivity (Wildman–Crippen MR) is 111 cm³/mol. The Labute approximate surface area is 175 Å². The summed E-state index contributed by atoms with van der Waals surface area (Å²) in [5.74, 6) is 0.536. The average Bonchev–Trinajstić information content (AvgIpc) is 3.52. The van der Waals surface area contributed by atoms with Gasteiger partial charge in [0.15, 0.2) is 5.65 Å². The molecule has 8 heteroatoms. The van der Waals surface area contributed by atoms with Gasteiger partial charge in [-0.05, 0) is 38.5 Å². The van der Waals surface area contributed by atoms with Gasteiger partial charge in [0.2, 0.25) is 11.8 Å². The first-order valence-electron chi connectivity index (χ1n) is 11.3. The molecule has 2 aromatic heterocycles. The van der Waals surface area contributed by atoms with Crippen molar-refractivity contribution in [2.45, 2.75) is 70.9 Å². The summed E-state index contributed by atoms with van der Waals surface area (Å²) in [6.45, 7) is 3.70. The van der Waals surface area contributed by atoms with E-state index >= 15 is 0 Å². The van der Waals surface area contributed by atoms with E-state index in [1.54, 1.807) is 4.90 Å². The number of carbonyl (C=O) groups is 2. The van der Waals surface area contributed by atoms with Crippen LogP contribution in [0.4, 0.5) is 0 Å².